The predicted molar refractivity (Wildman–Crippen MR) is 132 cm³/mol. The zero-order valence-corrected chi connectivity index (χ0v) is 20.0. The molecule has 1 heterocycles. The summed E-state index contributed by atoms with van der Waals surface area (Å²) in [6.45, 7) is -2.15. The summed E-state index contributed by atoms with van der Waals surface area (Å²) in [5, 5.41) is 6.34. The van der Waals surface area contributed by atoms with E-state index in [1.54, 1.807) is 25.4 Å². The summed E-state index contributed by atoms with van der Waals surface area (Å²) >= 11 is 0. The van der Waals surface area contributed by atoms with Gasteiger partial charge in [0.2, 0.25) is 0 Å². The van der Waals surface area contributed by atoms with Gasteiger partial charge in [-0.1, -0.05) is 24.3 Å². The topological polar surface area (TPSA) is 67.8 Å². The summed E-state index contributed by atoms with van der Waals surface area (Å²) in [7, 11) is 3.15. The van der Waals surface area contributed by atoms with E-state index in [-0.39, 0.29) is 36.3 Å². The summed E-state index contributed by atoms with van der Waals surface area (Å²) in [5.41, 5.74) is 3.50. The monoisotopic (exact) mass is 554 g/mol. The minimum absolute atomic E-state index is 0. The van der Waals surface area contributed by atoms with Gasteiger partial charge in [0, 0.05) is 37.5 Å². The summed E-state index contributed by atoms with van der Waals surface area (Å²) in [6.07, 6.45) is 1.76. The van der Waals surface area contributed by atoms with Crippen LogP contribution in [0.25, 0.3) is 11.3 Å². The van der Waals surface area contributed by atoms with E-state index in [2.05, 4.69) is 31.4 Å². The van der Waals surface area contributed by atoms with Gasteiger partial charge in [0.1, 0.15) is 11.5 Å². The molecule has 1 aromatic heterocycles. The highest BCUT2D eigenvalue weighted by atomic mass is 127. The summed E-state index contributed by atoms with van der Waals surface area (Å²) in [6, 6.07) is 18.5. The Hall–Kier alpha value is -2.95. The largest absolute Gasteiger partial charge is 0.497 e. The number of guanidine groups is 1. The Morgan fingerprint density at radius 3 is 2.53 bits per heavy atom. The smallest absolute Gasteiger partial charge is 0.387 e. The second-order valence-corrected chi connectivity index (χ2v) is 6.55. The van der Waals surface area contributed by atoms with Crippen molar-refractivity contribution in [1.29, 1.82) is 0 Å². The first kappa shape index (κ1) is 25.3. The van der Waals surface area contributed by atoms with Gasteiger partial charge in [-0.15, -0.1) is 24.0 Å². The van der Waals surface area contributed by atoms with Gasteiger partial charge >= 0.3 is 6.61 Å². The molecule has 0 spiro atoms. The Morgan fingerprint density at radius 2 is 1.84 bits per heavy atom. The SMILES string of the molecule is CN=C(NCc1cccc(-c2ccccn2)c1)NCc1cc(OC)ccc1OC(F)F.I. The van der Waals surface area contributed by atoms with E-state index in [0.717, 1.165) is 16.8 Å². The van der Waals surface area contributed by atoms with Crippen molar-refractivity contribution in [3.05, 3.63) is 78.0 Å². The fourth-order valence-electron chi connectivity index (χ4n) is 2.99. The minimum atomic E-state index is -2.91. The van der Waals surface area contributed by atoms with Gasteiger partial charge in [0.25, 0.3) is 0 Å². The third-order valence-electron chi connectivity index (χ3n) is 4.50. The number of ether oxygens (including phenoxy) is 2. The zero-order valence-electron chi connectivity index (χ0n) is 17.7. The average Bonchev–Trinajstić information content (AvgIpc) is 2.80. The number of pyridine rings is 1. The molecule has 3 rings (SSSR count). The molecule has 32 heavy (non-hydrogen) atoms. The molecule has 0 aliphatic carbocycles. The number of methoxy groups -OCH3 is 1. The minimum Gasteiger partial charge on any atom is -0.497 e. The lowest BCUT2D eigenvalue weighted by Gasteiger charge is -2.15. The number of alkyl halides is 2. The van der Waals surface area contributed by atoms with Crippen LogP contribution in [0.5, 0.6) is 11.5 Å². The van der Waals surface area contributed by atoms with Gasteiger partial charge < -0.3 is 20.1 Å². The van der Waals surface area contributed by atoms with Crippen LogP contribution in [0, 0.1) is 0 Å². The molecule has 0 amide bonds. The van der Waals surface area contributed by atoms with Crippen molar-refractivity contribution < 1.29 is 18.3 Å². The molecule has 0 saturated heterocycles. The van der Waals surface area contributed by atoms with Gasteiger partial charge in [-0.25, -0.2) is 0 Å². The molecule has 3 aromatic rings. The highest BCUT2D eigenvalue weighted by Gasteiger charge is 2.12. The van der Waals surface area contributed by atoms with Crippen molar-refractivity contribution in [2.24, 2.45) is 4.99 Å². The van der Waals surface area contributed by atoms with Crippen molar-refractivity contribution in [1.82, 2.24) is 15.6 Å². The lowest BCUT2D eigenvalue weighted by molar-refractivity contribution is -0.0504. The molecule has 0 saturated carbocycles. The maximum absolute atomic E-state index is 12.7. The predicted octanol–water partition coefficient (Wildman–Crippen LogP) is 4.84. The van der Waals surface area contributed by atoms with E-state index in [1.165, 1.54) is 13.2 Å². The van der Waals surface area contributed by atoms with Crippen LogP contribution in [0.2, 0.25) is 0 Å². The number of aliphatic imine (C=N–C) groups is 1. The molecule has 0 aliphatic rings. The van der Waals surface area contributed by atoms with Crippen LogP contribution < -0.4 is 20.1 Å². The van der Waals surface area contributed by atoms with E-state index in [1.807, 2.05) is 36.4 Å². The molecule has 0 unspecified atom stereocenters. The van der Waals surface area contributed by atoms with Crippen LogP contribution in [0.15, 0.2) is 71.9 Å². The molecule has 6 nitrogen and oxygen atoms in total. The third kappa shape index (κ3) is 7.33. The van der Waals surface area contributed by atoms with Gasteiger partial charge in [0.15, 0.2) is 5.96 Å². The number of hydrogen-bond donors (Lipinski definition) is 2. The molecule has 0 aliphatic heterocycles. The molecule has 170 valence electrons. The van der Waals surface area contributed by atoms with Gasteiger partial charge in [-0.2, -0.15) is 8.78 Å². The summed E-state index contributed by atoms with van der Waals surface area (Å²) in [4.78, 5) is 8.57. The Balaban J connectivity index is 0.00000363. The lowest BCUT2D eigenvalue weighted by Crippen LogP contribution is -2.36. The Kier molecular flexibility index (Phi) is 10.1. The van der Waals surface area contributed by atoms with Crippen LogP contribution >= 0.6 is 24.0 Å². The van der Waals surface area contributed by atoms with E-state index in [9.17, 15) is 8.78 Å². The van der Waals surface area contributed by atoms with Gasteiger partial charge in [-0.3, -0.25) is 9.98 Å². The Labute approximate surface area is 203 Å². The normalized spacial score (nSPS) is 11.0. The standard InChI is InChI=1S/C23H24F2N4O2.HI/c1-26-23(29-15-18-13-19(30-2)9-10-21(18)31-22(24)25)28-14-16-6-5-7-17(12-16)20-8-3-4-11-27-20;/h3-13,22H,14-15H2,1-2H3,(H2,26,28,29);1H. The first-order chi connectivity index (χ1) is 15.1. The molecule has 2 N–H and O–H groups in total. The van der Waals surface area contributed by atoms with Crippen LogP contribution in [-0.4, -0.2) is 31.7 Å². The molecule has 9 heteroatoms. The molecule has 2 aromatic carbocycles. The average molecular weight is 554 g/mol. The van der Waals surface area contributed by atoms with Crippen molar-refractivity contribution in [3.8, 4) is 22.8 Å². The molecule has 0 bridgehead atoms. The van der Waals surface area contributed by atoms with E-state index in [4.69, 9.17) is 4.74 Å². The molecule has 0 radical (unpaired) electrons. The lowest BCUT2D eigenvalue weighted by atomic mass is 10.1. The summed E-state index contributed by atoms with van der Waals surface area (Å²) in [5.74, 6) is 1.16. The quantitative estimate of drug-likeness (QED) is 0.237. The molecule has 0 fully saturated rings. The second-order valence-electron chi connectivity index (χ2n) is 6.55. The Bertz CT molecular complexity index is 1020. The molecular weight excluding hydrogens is 529 g/mol. The number of aromatic nitrogens is 1. The van der Waals surface area contributed by atoms with Crippen molar-refractivity contribution in [2.45, 2.75) is 19.7 Å². The van der Waals surface area contributed by atoms with Crippen molar-refractivity contribution in [2.75, 3.05) is 14.2 Å². The number of rotatable bonds is 8. The zero-order chi connectivity index (χ0) is 22.1. The first-order valence-electron chi connectivity index (χ1n) is 9.65. The fourth-order valence-corrected chi connectivity index (χ4v) is 2.99. The highest BCUT2D eigenvalue weighted by Crippen LogP contribution is 2.25. The maximum atomic E-state index is 12.7. The van der Waals surface area contributed by atoms with Crippen LogP contribution in [-0.2, 0) is 13.1 Å². The van der Waals surface area contributed by atoms with E-state index < -0.39 is 6.61 Å². The van der Waals surface area contributed by atoms with Gasteiger partial charge in [-0.05, 0) is 42.0 Å². The van der Waals surface area contributed by atoms with Crippen molar-refractivity contribution in [3.63, 3.8) is 0 Å². The Morgan fingerprint density at radius 1 is 1.03 bits per heavy atom. The maximum Gasteiger partial charge on any atom is 0.387 e. The summed E-state index contributed by atoms with van der Waals surface area (Å²) < 4.78 is 35.2. The number of nitrogens with one attached hydrogen (secondary N) is 2. The van der Waals surface area contributed by atoms with E-state index >= 15 is 0 Å². The fraction of sp³-hybridized carbons (Fsp3) is 0.217. The number of halogens is 3. The van der Waals surface area contributed by atoms with Crippen LogP contribution in [0.4, 0.5) is 8.78 Å². The second kappa shape index (κ2) is 12.8. The highest BCUT2D eigenvalue weighted by molar-refractivity contribution is 14.0. The number of benzene rings is 2. The molecule has 0 atom stereocenters. The first-order valence-corrected chi connectivity index (χ1v) is 9.65. The van der Waals surface area contributed by atoms with Crippen LogP contribution in [0.1, 0.15) is 11.1 Å². The number of nitrogens with zero attached hydrogens (tertiary/aromatic N) is 2. The molecular formula is C23H25F2IN4O2. The number of hydrogen-bond acceptors (Lipinski definition) is 4. The van der Waals surface area contributed by atoms with Crippen LogP contribution in [0.3, 0.4) is 0 Å². The van der Waals surface area contributed by atoms with Gasteiger partial charge in [0.05, 0.1) is 12.8 Å². The van der Waals surface area contributed by atoms with Crippen molar-refractivity contribution >= 4 is 29.9 Å². The van der Waals surface area contributed by atoms with E-state index in [0.29, 0.717) is 23.8 Å². The third-order valence-corrected chi connectivity index (χ3v) is 4.50.